The van der Waals surface area contributed by atoms with E-state index in [1.165, 1.54) is 19.2 Å². The van der Waals surface area contributed by atoms with Gasteiger partial charge in [-0.05, 0) is 0 Å². The van der Waals surface area contributed by atoms with E-state index < -0.39 is 4.92 Å². The number of ether oxygens (including phenoxy) is 1. The van der Waals surface area contributed by atoms with Gasteiger partial charge in [-0.3, -0.25) is 15.0 Å². The SMILES string of the molecule is COc1ccc([N+](=O)[O-])c(NCCN2CCNCC2)n1. The molecule has 20 heavy (non-hydrogen) atoms. The van der Waals surface area contributed by atoms with Crippen LogP contribution < -0.4 is 15.4 Å². The third-order valence-electron chi connectivity index (χ3n) is 3.18. The van der Waals surface area contributed by atoms with E-state index in [0.29, 0.717) is 12.4 Å². The first-order chi connectivity index (χ1) is 9.70. The third-order valence-corrected chi connectivity index (χ3v) is 3.18. The number of methoxy groups -OCH3 is 1. The molecule has 1 aliphatic heterocycles. The molecule has 0 atom stereocenters. The highest BCUT2D eigenvalue weighted by molar-refractivity contribution is 5.57. The Labute approximate surface area is 117 Å². The highest BCUT2D eigenvalue weighted by Crippen LogP contribution is 2.24. The minimum absolute atomic E-state index is 0.0360. The molecule has 1 aromatic heterocycles. The summed E-state index contributed by atoms with van der Waals surface area (Å²) in [6.45, 7) is 5.40. The van der Waals surface area contributed by atoms with Gasteiger partial charge >= 0.3 is 5.69 Å². The predicted octanol–water partition coefficient (Wildman–Crippen LogP) is 0.315. The molecule has 2 rings (SSSR count). The van der Waals surface area contributed by atoms with Gasteiger partial charge in [0.25, 0.3) is 0 Å². The molecule has 0 saturated carbocycles. The van der Waals surface area contributed by atoms with Gasteiger partial charge in [0.15, 0.2) is 0 Å². The first-order valence-corrected chi connectivity index (χ1v) is 6.57. The van der Waals surface area contributed by atoms with Crippen LogP contribution in [0.3, 0.4) is 0 Å². The van der Waals surface area contributed by atoms with Gasteiger partial charge in [-0.1, -0.05) is 0 Å². The maximum Gasteiger partial charge on any atom is 0.311 e. The van der Waals surface area contributed by atoms with Crippen LogP contribution in [-0.4, -0.2) is 61.2 Å². The van der Waals surface area contributed by atoms with Crippen molar-refractivity contribution in [3.05, 3.63) is 22.2 Å². The smallest absolute Gasteiger partial charge is 0.311 e. The van der Waals surface area contributed by atoms with Crippen LogP contribution in [0.2, 0.25) is 0 Å². The van der Waals surface area contributed by atoms with Gasteiger partial charge in [0.05, 0.1) is 12.0 Å². The molecule has 1 aliphatic rings. The average molecular weight is 281 g/mol. The number of hydrogen-bond donors (Lipinski definition) is 2. The van der Waals surface area contributed by atoms with E-state index in [2.05, 4.69) is 20.5 Å². The molecule has 110 valence electrons. The quantitative estimate of drug-likeness (QED) is 0.573. The Bertz CT molecular complexity index is 462. The van der Waals surface area contributed by atoms with Crippen LogP contribution in [0, 0.1) is 10.1 Å². The standard InChI is InChI=1S/C12H19N5O3/c1-20-11-3-2-10(17(18)19)12(15-11)14-6-9-16-7-4-13-5-8-16/h2-3,13H,4-9H2,1H3,(H,14,15). The number of pyridine rings is 1. The van der Waals surface area contributed by atoms with Gasteiger partial charge < -0.3 is 15.4 Å². The molecule has 0 unspecified atom stereocenters. The summed E-state index contributed by atoms with van der Waals surface area (Å²) in [6, 6.07) is 2.89. The van der Waals surface area contributed by atoms with Crippen LogP contribution in [0.5, 0.6) is 5.88 Å². The second-order valence-corrected chi connectivity index (χ2v) is 4.50. The third kappa shape index (κ3) is 3.78. The maximum absolute atomic E-state index is 11.0. The molecule has 1 saturated heterocycles. The molecule has 0 spiro atoms. The fourth-order valence-electron chi connectivity index (χ4n) is 2.09. The minimum Gasteiger partial charge on any atom is -0.481 e. The number of nitrogens with zero attached hydrogens (tertiary/aromatic N) is 3. The zero-order chi connectivity index (χ0) is 14.4. The Morgan fingerprint density at radius 2 is 2.25 bits per heavy atom. The summed E-state index contributed by atoms with van der Waals surface area (Å²) in [5.74, 6) is 0.616. The van der Waals surface area contributed by atoms with Crippen LogP contribution in [-0.2, 0) is 0 Å². The molecule has 1 fully saturated rings. The van der Waals surface area contributed by atoms with Crippen LogP contribution >= 0.6 is 0 Å². The molecular weight excluding hydrogens is 262 g/mol. The van der Waals surface area contributed by atoms with Gasteiger partial charge in [-0.15, -0.1) is 0 Å². The van der Waals surface area contributed by atoms with Crippen molar-refractivity contribution in [2.45, 2.75) is 0 Å². The van der Waals surface area contributed by atoms with E-state index in [4.69, 9.17) is 4.74 Å². The second kappa shape index (κ2) is 7.01. The van der Waals surface area contributed by atoms with Crippen molar-refractivity contribution in [2.24, 2.45) is 0 Å². The Morgan fingerprint density at radius 3 is 2.90 bits per heavy atom. The van der Waals surface area contributed by atoms with E-state index in [0.717, 1.165) is 32.7 Å². The summed E-state index contributed by atoms with van der Waals surface area (Å²) >= 11 is 0. The van der Waals surface area contributed by atoms with E-state index in [-0.39, 0.29) is 11.5 Å². The topological polar surface area (TPSA) is 92.6 Å². The highest BCUT2D eigenvalue weighted by atomic mass is 16.6. The summed E-state index contributed by atoms with van der Waals surface area (Å²) in [7, 11) is 1.48. The number of nitrogens with one attached hydrogen (secondary N) is 2. The molecule has 8 heteroatoms. The van der Waals surface area contributed by atoms with Gasteiger partial charge in [0, 0.05) is 51.4 Å². The summed E-state index contributed by atoms with van der Waals surface area (Å²) < 4.78 is 4.99. The Kier molecular flexibility index (Phi) is 5.08. The van der Waals surface area contributed by atoms with E-state index >= 15 is 0 Å². The molecular formula is C12H19N5O3. The zero-order valence-corrected chi connectivity index (χ0v) is 11.5. The summed E-state index contributed by atoms with van der Waals surface area (Å²) in [6.07, 6.45) is 0. The molecule has 0 bridgehead atoms. The fraction of sp³-hybridized carbons (Fsp3) is 0.583. The molecule has 2 N–H and O–H groups in total. The van der Waals surface area contributed by atoms with E-state index in [1.54, 1.807) is 0 Å². The normalized spacial score (nSPS) is 15.8. The van der Waals surface area contributed by atoms with Crippen molar-refractivity contribution in [3.63, 3.8) is 0 Å². The zero-order valence-electron chi connectivity index (χ0n) is 11.5. The number of piperazine rings is 1. The average Bonchev–Trinajstić information content (AvgIpc) is 2.48. The van der Waals surface area contributed by atoms with Crippen LogP contribution in [0.15, 0.2) is 12.1 Å². The van der Waals surface area contributed by atoms with E-state index in [9.17, 15) is 10.1 Å². The number of nitro groups is 1. The number of rotatable bonds is 6. The molecule has 0 aromatic carbocycles. The first kappa shape index (κ1) is 14.5. The predicted molar refractivity (Wildman–Crippen MR) is 75.2 cm³/mol. The molecule has 8 nitrogen and oxygen atoms in total. The maximum atomic E-state index is 11.0. The highest BCUT2D eigenvalue weighted by Gasteiger charge is 2.16. The van der Waals surface area contributed by atoms with Gasteiger partial charge in [0.2, 0.25) is 11.7 Å². The van der Waals surface area contributed by atoms with Gasteiger partial charge in [-0.25, -0.2) is 0 Å². The van der Waals surface area contributed by atoms with Crippen molar-refractivity contribution < 1.29 is 9.66 Å². The largest absolute Gasteiger partial charge is 0.481 e. The number of anilines is 1. The van der Waals surface area contributed by atoms with Crippen molar-refractivity contribution in [2.75, 3.05) is 51.7 Å². The number of aromatic nitrogens is 1. The van der Waals surface area contributed by atoms with Crippen molar-refractivity contribution in [1.82, 2.24) is 15.2 Å². The lowest BCUT2D eigenvalue weighted by molar-refractivity contribution is -0.384. The van der Waals surface area contributed by atoms with Crippen LogP contribution in [0.25, 0.3) is 0 Å². The lowest BCUT2D eigenvalue weighted by atomic mass is 10.3. The number of hydrogen-bond acceptors (Lipinski definition) is 7. The van der Waals surface area contributed by atoms with Crippen LogP contribution in [0.4, 0.5) is 11.5 Å². The minimum atomic E-state index is -0.445. The molecule has 2 heterocycles. The second-order valence-electron chi connectivity index (χ2n) is 4.50. The summed E-state index contributed by atoms with van der Waals surface area (Å²) in [4.78, 5) is 16.9. The Morgan fingerprint density at radius 1 is 1.50 bits per heavy atom. The van der Waals surface area contributed by atoms with E-state index in [1.807, 2.05) is 0 Å². The van der Waals surface area contributed by atoms with Gasteiger partial charge in [-0.2, -0.15) is 4.98 Å². The fourth-order valence-corrected chi connectivity index (χ4v) is 2.09. The molecule has 0 aliphatic carbocycles. The molecule has 0 radical (unpaired) electrons. The van der Waals surface area contributed by atoms with Crippen molar-refractivity contribution >= 4 is 11.5 Å². The Balaban J connectivity index is 1.94. The lowest BCUT2D eigenvalue weighted by Gasteiger charge is -2.27. The first-order valence-electron chi connectivity index (χ1n) is 6.57. The molecule has 0 amide bonds. The Hall–Kier alpha value is -1.93. The lowest BCUT2D eigenvalue weighted by Crippen LogP contribution is -2.45. The summed E-state index contributed by atoms with van der Waals surface area (Å²) in [5.41, 5.74) is -0.0360. The van der Waals surface area contributed by atoms with Crippen molar-refractivity contribution in [3.8, 4) is 5.88 Å². The monoisotopic (exact) mass is 281 g/mol. The van der Waals surface area contributed by atoms with Crippen LogP contribution in [0.1, 0.15) is 0 Å². The van der Waals surface area contributed by atoms with Gasteiger partial charge in [0.1, 0.15) is 0 Å². The van der Waals surface area contributed by atoms with Crippen molar-refractivity contribution in [1.29, 1.82) is 0 Å². The summed E-state index contributed by atoms with van der Waals surface area (Å²) in [5, 5.41) is 17.3. The molecule has 1 aromatic rings.